The van der Waals surface area contributed by atoms with E-state index >= 15 is 0 Å². The molecule has 1 fully saturated rings. The van der Waals surface area contributed by atoms with Crippen molar-refractivity contribution < 1.29 is 13.9 Å². The van der Waals surface area contributed by atoms with E-state index in [1.165, 1.54) is 6.39 Å². The summed E-state index contributed by atoms with van der Waals surface area (Å²) in [5.41, 5.74) is 0.383. The molecule has 0 saturated carbocycles. The number of H-pyrrole nitrogens is 1. The molecule has 1 aliphatic rings. The molecule has 1 amide bonds. The lowest BCUT2D eigenvalue weighted by atomic mass is 10.2. The maximum atomic E-state index is 12.6. The second-order valence-electron chi connectivity index (χ2n) is 5.82. The number of aryl methyl sites for hydroxylation is 1. The van der Waals surface area contributed by atoms with Crippen LogP contribution in [0.3, 0.4) is 0 Å². The number of carbonyl (C=O) groups excluding carboxylic acids is 1. The minimum atomic E-state index is -0.301. The summed E-state index contributed by atoms with van der Waals surface area (Å²) in [4.78, 5) is 22.9. The monoisotopic (exact) mass is 319 g/mol. The Hall–Kier alpha value is -2.22. The molecular weight excluding hydrogens is 298 g/mol. The van der Waals surface area contributed by atoms with Crippen molar-refractivity contribution in [1.82, 2.24) is 25.1 Å². The van der Waals surface area contributed by atoms with Crippen LogP contribution in [-0.4, -0.2) is 50.7 Å². The van der Waals surface area contributed by atoms with Crippen LogP contribution in [0.15, 0.2) is 10.8 Å². The lowest BCUT2D eigenvalue weighted by Crippen LogP contribution is -2.43. The molecule has 1 saturated heterocycles. The number of rotatable bonds is 4. The number of hydrogen-bond acceptors (Lipinski definition) is 6. The first kappa shape index (κ1) is 15.7. The highest BCUT2D eigenvalue weighted by Crippen LogP contribution is 2.22. The molecule has 0 aromatic carbocycles. The van der Waals surface area contributed by atoms with Crippen LogP contribution in [0.2, 0.25) is 0 Å². The minimum absolute atomic E-state index is 0.132. The van der Waals surface area contributed by atoms with E-state index in [1.54, 1.807) is 4.90 Å². The van der Waals surface area contributed by atoms with Gasteiger partial charge in [0.2, 0.25) is 0 Å². The lowest BCUT2D eigenvalue weighted by molar-refractivity contribution is -0.0269. The quantitative estimate of drug-likeness (QED) is 0.921. The van der Waals surface area contributed by atoms with Gasteiger partial charge in [0.15, 0.2) is 23.7 Å². The second kappa shape index (κ2) is 6.49. The van der Waals surface area contributed by atoms with Gasteiger partial charge in [-0.15, -0.1) is 0 Å². The number of amides is 1. The summed E-state index contributed by atoms with van der Waals surface area (Å²) in [6.07, 6.45) is 1.65. The van der Waals surface area contributed by atoms with Gasteiger partial charge in [0, 0.05) is 18.9 Å². The number of ether oxygens (including phenoxy) is 1. The van der Waals surface area contributed by atoms with Gasteiger partial charge in [0.1, 0.15) is 11.9 Å². The third-order valence-corrected chi connectivity index (χ3v) is 3.86. The van der Waals surface area contributed by atoms with Gasteiger partial charge in [-0.3, -0.25) is 9.89 Å². The molecule has 3 heterocycles. The standard InChI is InChI=1S/C15H21N5O3/c1-4-10-12(16-8-23-10)15(21)20-5-6-22-11(7-20)14-17-13(9(2)3)18-19-14/h8-9,11H,4-7H2,1-3H3,(H,17,18,19)/t11-/m1/s1. The third-order valence-electron chi connectivity index (χ3n) is 3.86. The van der Waals surface area contributed by atoms with Crippen LogP contribution < -0.4 is 0 Å². The molecule has 0 bridgehead atoms. The van der Waals surface area contributed by atoms with Crippen LogP contribution >= 0.6 is 0 Å². The van der Waals surface area contributed by atoms with E-state index in [9.17, 15) is 4.79 Å². The Bertz CT molecular complexity index is 678. The van der Waals surface area contributed by atoms with Gasteiger partial charge in [-0.2, -0.15) is 5.10 Å². The Morgan fingerprint density at radius 1 is 1.52 bits per heavy atom. The number of aromatic amines is 1. The molecule has 0 radical (unpaired) electrons. The van der Waals surface area contributed by atoms with Crippen LogP contribution in [0, 0.1) is 0 Å². The number of nitrogens with one attached hydrogen (secondary N) is 1. The van der Waals surface area contributed by atoms with Crippen molar-refractivity contribution in [2.75, 3.05) is 19.7 Å². The predicted octanol–water partition coefficient (Wildman–Crippen LogP) is 1.69. The SMILES string of the molecule is CCc1ocnc1C(=O)N1CCO[C@@H](c2nc(C(C)C)n[nH]2)C1. The molecule has 2 aromatic heterocycles. The van der Waals surface area contributed by atoms with Crippen molar-refractivity contribution >= 4 is 5.91 Å². The van der Waals surface area contributed by atoms with Gasteiger partial charge in [0.25, 0.3) is 5.91 Å². The zero-order valence-electron chi connectivity index (χ0n) is 13.6. The smallest absolute Gasteiger partial charge is 0.276 e. The maximum absolute atomic E-state index is 12.6. The fourth-order valence-electron chi connectivity index (χ4n) is 2.53. The molecule has 23 heavy (non-hydrogen) atoms. The predicted molar refractivity (Wildman–Crippen MR) is 80.9 cm³/mol. The first-order valence-electron chi connectivity index (χ1n) is 7.85. The van der Waals surface area contributed by atoms with Gasteiger partial charge >= 0.3 is 0 Å². The van der Waals surface area contributed by atoms with Crippen molar-refractivity contribution in [3.8, 4) is 0 Å². The van der Waals surface area contributed by atoms with E-state index in [0.29, 0.717) is 43.4 Å². The fraction of sp³-hybridized carbons (Fsp3) is 0.600. The van der Waals surface area contributed by atoms with Crippen molar-refractivity contribution in [2.45, 2.75) is 39.2 Å². The summed E-state index contributed by atoms with van der Waals surface area (Å²) in [6.45, 7) is 7.38. The second-order valence-corrected chi connectivity index (χ2v) is 5.82. The topological polar surface area (TPSA) is 97.1 Å². The van der Waals surface area contributed by atoms with Crippen molar-refractivity contribution in [1.29, 1.82) is 0 Å². The van der Waals surface area contributed by atoms with Gasteiger partial charge in [-0.25, -0.2) is 9.97 Å². The maximum Gasteiger partial charge on any atom is 0.276 e. The van der Waals surface area contributed by atoms with E-state index in [-0.39, 0.29) is 17.9 Å². The van der Waals surface area contributed by atoms with E-state index < -0.39 is 0 Å². The average Bonchev–Trinajstić information content (AvgIpc) is 3.23. The number of aromatic nitrogens is 4. The van der Waals surface area contributed by atoms with Gasteiger partial charge in [0.05, 0.1) is 13.2 Å². The molecule has 8 nitrogen and oxygen atoms in total. The molecule has 2 aromatic rings. The van der Waals surface area contributed by atoms with Crippen molar-refractivity contribution in [2.24, 2.45) is 0 Å². The van der Waals surface area contributed by atoms with Crippen LogP contribution in [-0.2, 0) is 11.2 Å². The summed E-state index contributed by atoms with van der Waals surface area (Å²) >= 11 is 0. The first-order valence-corrected chi connectivity index (χ1v) is 7.85. The Morgan fingerprint density at radius 2 is 2.35 bits per heavy atom. The van der Waals surface area contributed by atoms with E-state index in [2.05, 4.69) is 20.2 Å². The molecule has 124 valence electrons. The Morgan fingerprint density at radius 3 is 3.04 bits per heavy atom. The summed E-state index contributed by atoms with van der Waals surface area (Å²) < 4.78 is 11.0. The number of oxazole rings is 1. The highest BCUT2D eigenvalue weighted by molar-refractivity contribution is 5.93. The zero-order valence-corrected chi connectivity index (χ0v) is 13.6. The van der Waals surface area contributed by atoms with E-state index in [4.69, 9.17) is 9.15 Å². The average molecular weight is 319 g/mol. The number of carbonyl (C=O) groups is 1. The highest BCUT2D eigenvalue weighted by atomic mass is 16.5. The van der Waals surface area contributed by atoms with Crippen molar-refractivity contribution in [3.63, 3.8) is 0 Å². The summed E-state index contributed by atoms with van der Waals surface area (Å²) in [5.74, 6) is 2.12. The number of nitrogens with zero attached hydrogens (tertiary/aromatic N) is 4. The van der Waals surface area contributed by atoms with E-state index in [0.717, 1.165) is 5.82 Å². The Balaban J connectivity index is 1.74. The van der Waals surface area contributed by atoms with Gasteiger partial charge < -0.3 is 14.1 Å². The molecule has 1 aliphatic heterocycles. The number of hydrogen-bond donors (Lipinski definition) is 1. The zero-order chi connectivity index (χ0) is 16.4. The highest BCUT2D eigenvalue weighted by Gasteiger charge is 2.30. The molecule has 1 N–H and O–H groups in total. The summed E-state index contributed by atoms with van der Waals surface area (Å²) in [7, 11) is 0. The largest absolute Gasteiger partial charge is 0.448 e. The molecular formula is C15H21N5O3. The summed E-state index contributed by atoms with van der Waals surface area (Å²) in [6, 6.07) is 0. The van der Waals surface area contributed by atoms with Gasteiger partial charge in [-0.1, -0.05) is 20.8 Å². The number of morpholine rings is 1. The molecule has 0 unspecified atom stereocenters. The van der Waals surface area contributed by atoms with Gasteiger partial charge in [-0.05, 0) is 0 Å². The fourth-order valence-corrected chi connectivity index (χ4v) is 2.53. The molecule has 0 aliphatic carbocycles. The molecule has 3 rings (SSSR count). The van der Waals surface area contributed by atoms with Crippen LogP contribution in [0.4, 0.5) is 0 Å². The third kappa shape index (κ3) is 3.12. The first-order chi connectivity index (χ1) is 11.1. The van der Waals surface area contributed by atoms with Crippen LogP contribution in [0.5, 0.6) is 0 Å². The van der Waals surface area contributed by atoms with E-state index in [1.807, 2.05) is 20.8 Å². The molecule has 1 atom stereocenters. The Kier molecular flexibility index (Phi) is 4.42. The molecule has 8 heteroatoms. The molecule has 0 spiro atoms. The normalized spacial score (nSPS) is 18.6. The van der Waals surface area contributed by atoms with Crippen molar-refractivity contribution in [3.05, 3.63) is 29.5 Å². The minimum Gasteiger partial charge on any atom is -0.448 e. The summed E-state index contributed by atoms with van der Waals surface area (Å²) in [5, 5.41) is 7.11. The van der Waals surface area contributed by atoms with Crippen LogP contribution in [0.1, 0.15) is 60.7 Å². The van der Waals surface area contributed by atoms with Crippen LogP contribution in [0.25, 0.3) is 0 Å². The lowest BCUT2D eigenvalue weighted by Gasteiger charge is -2.31. The Labute approximate surface area is 134 Å².